The first-order valence-electron chi connectivity index (χ1n) is 17.3. The number of anilines is 3. The van der Waals surface area contributed by atoms with Crippen molar-refractivity contribution in [2.45, 2.75) is 58.0 Å². The van der Waals surface area contributed by atoms with Gasteiger partial charge in [0.05, 0.1) is 23.5 Å². The van der Waals surface area contributed by atoms with E-state index in [9.17, 15) is 22.8 Å². The van der Waals surface area contributed by atoms with Gasteiger partial charge in [-0.3, -0.25) is 9.79 Å². The van der Waals surface area contributed by atoms with E-state index < -0.39 is 11.7 Å². The van der Waals surface area contributed by atoms with E-state index in [1.165, 1.54) is 17.2 Å². The molecule has 1 unspecified atom stereocenters. The highest BCUT2D eigenvalue weighted by Gasteiger charge is 2.55. The summed E-state index contributed by atoms with van der Waals surface area (Å²) >= 11 is 0. The summed E-state index contributed by atoms with van der Waals surface area (Å²) in [6.07, 6.45) is 4.05. The van der Waals surface area contributed by atoms with Crippen molar-refractivity contribution in [3.05, 3.63) is 88.7 Å². The van der Waals surface area contributed by atoms with Gasteiger partial charge in [-0.15, -0.1) is 0 Å². The highest BCUT2D eigenvalue weighted by Crippen LogP contribution is 2.62. The summed E-state index contributed by atoms with van der Waals surface area (Å²) < 4.78 is 51.3. The van der Waals surface area contributed by atoms with Gasteiger partial charge in [0.2, 0.25) is 6.41 Å². The number of halogens is 3. The smallest absolute Gasteiger partial charge is 0.416 e. The molecule has 0 bridgehead atoms. The van der Waals surface area contributed by atoms with Crippen molar-refractivity contribution in [3.8, 4) is 17.2 Å². The van der Waals surface area contributed by atoms with Crippen LogP contribution in [0.5, 0.6) is 17.2 Å². The number of benzene rings is 2. The van der Waals surface area contributed by atoms with Crippen molar-refractivity contribution >= 4 is 42.4 Å². The maximum Gasteiger partial charge on any atom is 0.416 e. The normalized spacial score (nSPS) is 16.7. The number of pyridine rings is 2. The van der Waals surface area contributed by atoms with Crippen LogP contribution in [0.15, 0.2) is 65.9 Å². The summed E-state index contributed by atoms with van der Waals surface area (Å²) in [5.74, 6) is 4.53. The van der Waals surface area contributed by atoms with Crippen LogP contribution >= 0.6 is 0 Å². The number of aldehydes is 1. The largest absolute Gasteiger partial charge is 0.493 e. The highest BCUT2D eigenvalue weighted by molar-refractivity contribution is 5.72. The SMILES string of the molecule is C=Nc1ccc(C(F)(F)F)cc1NCC1[C@H]2c3cc(Oc4ccnc(NC=O)c4CCC)ccc3C[C@@H]12.CCOc1ccnc(NC)c1CCC=O. The molecular formula is C39H43F3N6O4. The molecule has 0 radical (unpaired) electrons. The molecule has 0 saturated heterocycles. The van der Waals surface area contributed by atoms with Crippen molar-refractivity contribution in [1.29, 1.82) is 0 Å². The average Bonchev–Trinajstić information content (AvgIpc) is 3.69. The third-order valence-corrected chi connectivity index (χ3v) is 9.28. The maximum absolute atomic E-state index is 13.2. The molecule has 3 N–H and O–H groups in total. The zero-order chi connectivity index (χ0) is 37.3. The van der Waals surface area contributed by atoms with Crippen LogP contribution in [-0.2, 0) is 35.0 Å². The number of alkyl halides is 3. The zero-order valence-electron chi connectivity index (χ0n) is 29.4. The molecule has 10 nitrogen and oxygen atoms in total. The lowest BCUT2D eigenvalue weighted by atomic mass is 10.0. The molecular weight excluding hydrogens is 673 g/mol. The van der Waals surface area contributed by atoms with Crippen molar-refractivity contribution in [3.63, 3.8) is 0 Å². The van der Waals surface area contributed by atoms with Crippen molar-refractivity contribution < 1.29 is 32.2 Å². The summed E-state index contributed by atoms with van der Waals surface area (Å²) in [6.45, 7) is 8.62. The predicted octanol–water partition coefficient (Wildman–Crippen LogP) is 8.40. The van der Waals surface area contributed by atoms with Gasteiger partial charge in [-0.2, -0.15) is 13.2 Å². The van der Waals surface area contributed by atoms with E-state index in [4.69, 9.17) is 9.47 Å². The Labute approximate surface area is 301 Å². The number of nitrogens with one attached hydrogen (secondary N) is 3. The van der Waals surface area contributed by atoms with Crippen LogP contribution in [0, 0.1) is 11.8 Å². The first-order valence-corrected chi connectivity index (χ1v) is 17.3. The fraction of sp³-hybridized carbons (Fsp3) is 0.359. The molecule has 52 heavy (non-hydrogen) atoms. The number of carbonyl (C=O) groups is 2. The summed E-state index contributed by atoms with van der Waals surface area (Å²) in [6, 6.07) is 13.2. The molecule has 13 heteroatoms. The standard InChI is InChI=1S/C28H27F3N4O2.C11H16N2O2/c1-3-4-19-25(9-10-33-27(19)35-15-36)37-18-7-5-16-11-21-22(26(21)20(16)13-18)14-34-24-12-17(28(29,30)31)6-8-23(24)32-2;1-3-15-10-6-7-13-11(12-2)9(10)5-4-8-14/h5-10,12-13,15,21-22,26,34H,2-4,11,14H2,1H3,(H,33,35,36);6-8H,3-5H2,1-2H3,(H,12,13)/t21-,22?,26-;/m0./s1. The number of hydrogen-bond donors (Lipinski definition) is 3. The summed E-state index contributed by atoms with van der Waals surface area (Å²) in [5, 5.41) is 8.83. The third kappa shape index (κ3) is 8.70. The molecule has 2 heterocycles. The van der Waals surface area contributed by atoms with E-state index in [-0.39, 0.29) is 0 Å². The third-order valence-electron chi connectivity index (χ3n) is 9.28. The van der Waals surface area contributed by atoms with Gasteiger partial charge < -0.3 is 30.2 Å². The molecule has 6 rings (SSSR count). The van der Waals surface area contributed by atoms with Crippen molar-refractivity contribution in [1.82, 2.24) is 9.97 Å². The number of hydrogen-bond acceptors (Lipinski definition) is 9. The van der Waals surface area contributed by atoms with Crippen LogP contribution in [0.3, 0.4) is 0 Å². The Morgan fingerprint density at radius 1 is 0.981 bits per heavy atom. The number of carbonyl (C=O) groups excluding carboxylic acids is 2. The molecule has 2 aliphatic carbocycles. The topological polar surface area (TPSA) is 127 Å². The van der Waals surface area contributed by atoms with E-state index in [0.717, 1.165) is 54.0 Å². The van der Waals surface area contributed by atoms with E-state index in [1.54, 1.807) is 18.5 Å². The summed E-state index contributed by atoms with van der Waals surface area (Å²) in [4.78, 5) is 33.7. The number of fused-ring (bicyclic) bond motifs is 3. The van der Waals surface area contributed by atoms with Crippen LogP contribution in [0.4, 0.5) is 36.2 Å². The van der Waals surface area contributed by atoms with Crippen LogP contribution in [0.1, 0.15) is 60.4 Å². The molecule has 2 aromatic carbocycles. The number of nitrogens with zero attached hydrogens (tertiary/aromatic N) is 3. The Hall–Kier alpha value is -5.46. The van der Waals surface area contributed by atoms with Gasteiger partial charge in [0.1, 0.15) is 35.2 Å². The number of rotatable bonds is 16. The number of ether oxygens (including phenoxy) is 2. The number of amides is 1. The first-order chi connectivity index (χ1) is 25.2. The average molecular weight is 717 g/mol. The molecule has 4 aromatic rings. The van der Waals surface area contributed by atoms with E-state index in [1.807, 2.05) is 33.0 Å². The Bertz CT molecular complexity index is 1890. The predicted molar refractivity (Wildman–Crippen MR) is 196 cm³/mol. The first kappa shape index (κ1) is 37.8. The Kier molecular flexibility index (Phi) is 12.5. The van der Waals surface area contributed by atoms with Gasteiger partial charge in [-0.05, 0) is 104 Å². The number of aromatic nitrogens is 2. The minimum atomic E-state index is -4.42. The lowest BCUT2D eigenvalue weighted by Crippen LogP contribution is -2.10. The second kappa shape index (κ2) is 17.2. The van der Waals surface area contributed by atoms with Gasteiger partial charge in [0, 0.05) is 43.5 Å². The molecule has 2 aromatic heterocycles. The Balaban J connectivity index is 0.000000293. The maximum atomic E-state index is 13.2. The zero-order valence-corrected chi connectivity index (χ0v) is 29.4. The highest BCUT2D eigenvalue weighted by atomic mass is 19.4. The van der Waals surface area contributed by atoms with Crippen molar-refractivity contribution in [2.24, 2.45) is 16.8 Å². The van der Waals surface area contributed by atoms with E-state index >= 15 is 0 Å². The molecule has 2 aliphatic rings. The minimum absolute atomic E-state index is 0.315. The number of aliphatic imine (C=N–C) groups is 1. The molecule has 1 fully saturated rings. The summed E-state index contributed by atoms with van der Waals surface area (Å²) in [7, 11) is 1.81. The second-order valence-corrected chi connectivity index (χ2v) is 12.5. The Morgan fingerprint density at radius 3 is 2.40 bits per heavy atom. The van der Waals surface area contributed by atoms with Gasteiger partial charge >= 0.3 is 6.18 Å². The van der Waals surface area contributed by atoms with Crippen LogP contribution < -0.4 is 25.4 Å². The second-order valence-electron chi connectivity index (χ2n) is 12.5. The van der Waals surface area contributed by atoms with Gasteiger partial charge in [0.15, 0.2) is 0 Å². The lowest BCUT2D eigenvalue weighted by Gasteiger charge is -2.16. The van der Waals surface area contributed by atoms with E-state index in [0.29, 0.717) is 85.3 Å². The minimum Gasteiger partial charge on any atom is -0.493 e. The molecule has 1 saturated carbocycles. The van der Waals surface area contributed by atoms with Gasteiger partial charge in [0.25, 0.3) is 0 Å². The molecule has 274 valence electrons. The fourth-order valence-electron chi connectivity index (χ4n) is 6.86. The van der Waals surface area contributed by atoms with Crippen LogP contribution in [0.2, 0.25) is 0 Å². The van der Waals surface area contributed by atoms with Gasteiger partial charge in [-0.25, -0.2) is 9.97 Å². The quantitative estimate of drug-likeness (QED) is 0.0780. The molecule has 0 aliphatic heterocycles. The monoisotopic (exact) mass is 716 g/mol. The molecule has 0 spiro atoms. The van der Waals surface area contributed by atoms with Gasteiger partial charge in [-0.1, -0.05) is 19.4 Å². The summed E-state index contributed by atoms with van der Waals surface area (Å²) in [5.41, 5.74) is 4.34. The fourth-order valence-corrected chi connectivity index (χ4v) is 6.86. The lowest BCUT2D eigenvalue weighted by molar-refractivity contribution is -0.137. The van der Waals surface area contributed by atoms with Crippen LogP contribution in [-0.4, -0.2) is 49.6 Å². The Morgan fingerprint density at radius 2 is 1.73 bits per heavy atom. The van der Waals surface area contributed by atoms with Crippen LogP contribution in [0.25, 0.3) is 0 Å². The van der Waals surface area contributed by atoms with E-state index in [2.05, 4.69) is 49.8 Å². The van der Waals surface area contributed by atoms with Crippen molar-refractivity contribution in [2.75, 3.05) is 36.1 Å². The molecule has 1 amide bonds. The molecule has 3 atom stereocenters.